The molecule has 0 fully saturated rings. The number of hydrogen-bond acceptors (Lipinski definition) is 4. The average Bonchev–Trinajstić information content (AvgIpc) is 2.81. The van der Waals surface area contributed by atoms with E-state index in [4.69, 9.17) is 4.74 Å². The third-order valence-corrected chi connectivity index (χ3v) is 3.74. The molecule has 2 rings (SSSR count). The van der Waals surface area contributed by atoms with E-state index in [0.717, 1.165) is 29.5 Å². The molecule has 0 aliphatic carbocycles. The number of aromatic nitrogens is 1. The van der Waals surface area contributed by atoms with Crippen molar-refractivity contribution >= 4 is 11.3 Å². The molecule has 19 heavy (non-hydrogen) atoms. The summed E-state index contributed by atoms with van der Waals surface area (Å²) < 4.78 is 5.90. The standard InChI is InChI=1S/C15H20N2OS/c1-4-16-8-13-7-11(2)5-6-14(13)18-9-15-17-12(3)10-19-15/h5-7,10,16H,4,8-9H2,1-3H3. The molecule has 1 aromatic carbocycles. The van der Waals surface area contributed by atoms with Crippen molar-refractivity contribution in [2.45, 2.75) is 33.9 Å². The zero-order valence-electron chi connectivity index (χ0n) is 11.7. The zero-order valence-corrected chi connectivity index (χ0v) is 12.5. The molecule has 0 amide bonds. The van der Waals surface area contributed by atoms with Crippen molar-refractivity contribution in [1.82, 2.24) is 10.3 Å². The van der Waals surface area contributed by atoms with Gasteiger partial charge in [0.2, 0.25) is 0 Å². The monoisotopic (exact) mass is 276 g/mol. The van der Waals surface area contributed by atoms with Crippen LogP contribution in [0, 0.1) is 13.8 Å². The van der Waals surface area contributed by atoms with Crippen molar-refractivity contribution in [3.63, 3.8) is 0 Å². The summed E-state index contributed by atoms with van der Waals surface area (Å²) in [5, 5.41) is 6.41. The van der Waals surface area contributed by atoms with E-state index in [-0.39, 0.29) is 0 Å². The van der Waals surface area contributed by atoms with Crippen LogP contribution in [0.2, 0.25) is 0 Å². The van der Waals surface area contributed by atoms with Gasteiger partial charge in [0.1, 0.15) is 17.4 Å². The second-order valence-corrected chi connectivity index (χ2v) is 5.51. The number of thiazole rings is 1. The number of rotatable bonds is 6. The first kappa shape index (κ1) is 14.0. The second kappa shape index (κ2) is 6.68. The fourth-order valence-corrected chi connectivity index (χ4v) is 2.54. The fourth-order valence-electron chi connectivity index (χ4n) is 1.86. The summed E-state index contributed by atoms with van der Waals surface area (Å²) in [7, 11) is 0. The first-order valence-corrected chi connectivity index (χ1v) is 7.41. The zero-order chi connectivity index (χ0) is 13.7. The van der Waals surface area contributed by atoms with Crippen LogP contribution >= 0.6 is 11.3 Å². The topological polar surface area (TPSA) is 34.1 Å². The first-order valence-electron chi connectivity index (χ1n) is 6.53. The van der Waals surface area contributed by atoms with E-state index in [0.29, 0.717) is 6.61 Å². The maximum absolute atomic E-state index is 5.90. The number of nitrogens with one attached hydrogen (secondary N) is 1. The Kier molecular flexibility index (Phi) is 4.93. The summed E-state index contributed by atoms with van der Waals surface area (Å²) in [6.07, 6.45) is 0. The van der Waals surface area contributed by atoms with E-state index in [9.17, 15) is 0 Å². The molecule has 1 heterocycles. The fraction of sp³-hybridized carbons (Fsp3) is 0.400. The van der Waals surface area contributed by atoms with Crippen LogP contribution < -0.4 is 10.1 Å². The lowest BCUT2D eigenvalue weighted by Gasteiger charge is -2.12. The van der Waals surface area contributed by atoms with Gasteiger partial charge < -0.3 is 10.1 Å². The molecule has 0 aliphatic rings. The Balaban J connectivity index is 2.05. The van der Waals surface area contributed by atoms with Crippen molar-refractivity contribution < 1.29 is 4.74 Å². The predicted octanol–water partition coefficient (Wildman–Crippen LogP) is 3.45. The third-order valence-electron chi connectivity index (χ3n) is 2.80. The molecule has 0 saturated carbocycles. The Morgan fingerprint density at radius 2 is 2.16 bits per heavy atom. The lowest BCUT2D eigenvalue weighted by molar-refractivity contribution is 0.301. The van der Waals surface area contributed by atoms with Crippen LogP contribution in [-0.4, -0.2) is 11.5 Å². The quantitative estimate of drug-likeness (QED) is 0.877. The highest BCUT2D eigenvalue weighted by atomic mass is 32.1. The lowest BCUT2D eigenvalue weighted by atomic mass is 10.1. The molecule has 1 N–H and O–H groups in total. The first-order chi connectivity index (χ1) is 9.19. The highest BCUT2D eigenvalue weighted by molar-refractivity contribution is 7.09. The van der Waals surface area contributed by atoms with Crippen LogP contribution in [0.15, 0.2) is 23.6 Å². The molecule has 0 aliphatic heterocycles. The van der Waals surface area contributed by atoms with Gasteiger partial charge in [-0.05, 0) is 26.5 Å². The summed E-state index contributed by atoms with van der Waals surface area (Å²) in [6, 6.07) is 6.30. The molecule has 0 saturated heterocycles. The van der Waals surface area contributed by atoms with Crippen LogP contribution in [0.4, 0.5) is 0 Å². The third kappa shape index (κ3) is 4.04. The SMILES string of the molecule is CCNCc1cc(C)ccc1OCc1nc(C)cs1. The van der Waals surface area contributed by atoms with E-state index in [1.807, 2.05) is 18.4 Å². The van der Waals surface area contributed by atoms with Gasteiger partial charge in [-0.1, -0.05) is 24.6 Å². The number of aryl methyl sites for hydroxylation is 2. The van der Waals surface area contributed by atoms with E-state index in [1.165, 1.54) is 11.1 Å². The molecular formula is C15H20N2OS. The van der Waals surface area contributed by atoms with Gasteiger partial charge in [-0.3, -0.25) is 0 Å². The van der Waals surface area contributed by atoms with E-state index in [2.05, 4.69) is 36.3 Å². The molecule has 102 valence electrons. The van der Waals surface area contributed by atoms with Crippen LogP contribution in [0.3, 0.4) is 0 Å². The Hall–Kier alpha value is -1.39. The Morgan fingerprint density at radius 1 is 1.32 bits per heavy atom. The van der Waals surface area contributed by atoms with Crippen LogP contribution in [0.25, 0.3) is 0 Å². The van der Waals surface area contributed by atoms with Gasteiger partial charge in [-0.15, -0.1) is 11.3 Å². The van der Waals surface area contributed by atoms with Crippen LogP contribution in [0.5, 0.6) is 5.75 Å². The highest BCUT2D eigenvalue weighted by Gasteiger charge is 2.06. The molecule has 0 unspecified atom stereocenters. The number of ether oxygens (including phenoxy) is 1. The van der Waals surface area contributed by atoms with Crippen molar-refractivity contribution in [3.05, 3.63) is 45.4 Å². The summed E-state index contributed by atoms with van der Waals surface area (Å²) in [4.78, 5) is 4.41. The molecule has 0 bridgehead atoms. The minimum Gasteiger partial charge on any atom is -0.486 e. The van der Waals surface area contributed by atoms with E-state index >= 15 is 0 Å². The Bertz CT molecular complexity index is 537. The van der Waals surface area contributed by atoms with Crippen molar-refractivity contribution in [2.24, 2.45) is 0 Å². The highest BCUT2D eigenvalue weighted by Crippen LogP contribution is 2.22. The lowest BCUT2D eigenvalue weighted by Crippen LogP contribution is -2.13. The van der Waals surface area contributed by atoms with Crippen molar-refractivity contribution in [3.8, 4) is 5.75 Å². The summed E-state index contributed by atoms with van der Waals surface area (Å²) >= 11 is 1.64. The van der Waals surface area contributed by atoms with Gasteiger partial charge in [-0.2, -0.15) is 0 Å². The van der Waals surface area contributed by atoms with E-state index in [1.54, 1.807) is 11.3 Å². The van der Waals surface area contributed by atoms with E-state index < -0.39 is 0 Å². The molecule has 0 radical (unpaired) electrons. The van der Waals surface area contributed by atoms with Crippen molar-refractivity contribution in [1.29, 1.82) is 0 Å². The Morgan fingerprint density at radius 3 is 2.84 bits per heavy atom. The molecule has 1 aromatic heterocycles. The van der Waals surface area contributed by atoms with Crippen LogP contribution in [-0.2, 0) is 13.2 Å². The van der Waals surface area contributed by atoms with Gasteiger partial charge in [-0.25, -0.2) is 4.98 Å². The molecule has 0 spiro atoms. The van der Waals surface area contributed by atoms with Crippen LogP contribution in [0.1, 0.15) is 28.8 Å². The average molecular weight is 276 g/mol. The van der Waals surface area contributed by atoms with Gasteiger partial charge in [0.05, 0.1) is 0 Å². The molecular weight excluding hydrogens is 256 g/mol. The van der Waals surface area contributed by atoms with Gasteiger partial charge >= 0.3 is 0 Å². The predicted molar refractivity (Wildman–Crippen MR) is 79.7 cm³/mol. The summed E-state index contributed by atoms with van der Waals surface area (Å²) in [5.41, 5.74) is 3.51. The summed E-state index contributed by atoms with van der Waals surface area (Å²) in [6.45, 7) is 8.55. The minimum absolute atomic E-state index is 0.542. The largest absolute Gasteiger partial charge is 0.486 e. The maximum atomic E-state index is 5.90. The second-order valence-electron chi connectivity index (χ2n) is 4.56. The smallest absolute Gasteiger partial charge is 0.140 e. The number of nitrogens with zero attached hydrogens (tertiary/aromatic N) is 1. The van der Waals surface area contributed by atoms with Crippen molar-refractivity contribution in [2.75, 3.05) is 6.54 Å². The molecule has 2 aromatic rings. The van der Waals surface area contributed by atoms with Gasteiger partial charge in [0, 0.05) is 23.2 Å². The Labute approximate surface area is 118 Å². The van der Waals surface area contributed by atoms with Gasteiger partial charge in [0.15, 0.2) is 0 Å². The minimum atomic E-state index is 0.542. The number of hydrogen-bond donors (Lipinski definition) is 1. The normalized spacial score (nSPS) is 10.7. The number of benzene rings is 1. The molecule has 4 heteroatoms. The summed E-state index contributed by atoms with van der Waals surface area (Å²) in [5.74, 6) is 0.944. The van der Waals surface area contributed by atoms with Gasteiger partial charge in [0.25, 0.3) is 0 Å². The maximum Gasteiger partial charge on any atom is 0.140 e. The molecule has 3 nitrogen and oxygen atoms in total. The molecule has 0 atom stereocenters.